The van der Waals surface area contributed by atoms with Crippen molar-refractivity contribution < 1.29 is 30.8 Å². The van der Waals surface area contributed by atoms with Gasteiger partial charge in [0, 0.05) is 7.05 Å². The quantitative estimate of drug-likeness (QED) is 0.518. The predicted molar refractivity (Wildman–Crippen MR) is 116 cm³/mol. The highest BCUT2D eigenvalue weighted by atomic mass is 32.2. The van der Waals surface area contributed by atoms with Crippen LogP contribution in [-0.4, -0.2) is 44.9 Å². The molecule has 1 saturated carbocycles. The van der Waals surface area contributed by atoms with E-state index in [1.165, 1.54) is 19.2 Å². The Hall–Kier alpha value is -3.17. The van der Waals surface area contributed by atoms with Crippen molar-refractivity contribution in [3.63, 3.8) is 0 Å². The van der Waals surface area contributed by atoms with E-state index >= 15 is 0 Å². The number of para-hydroxylation sites is 1. The second kappa shape index (κ2) is 9.60. The first kappa shape index (κ1) is 25.5. The number of anilines is 1. The topological polar surface area (TPSA) is 102 Å². The molecule has 3 rings (SSSR count). The summed E-state index contributed by atoms with van der Waals surface area (Å²) in [5.74, 6) is -2.82. The molecule has 7 nitrogen and oxygen atoms in total. The lowest BCUT2D eigenvalue weighted by Gasteiger charge is -2.29. The van der Waals surface area contributed by atoms with Gasteiger partial charge in [-0.15, -0.1) is 0 Å². The Morgan fingerprint density at radius 1 is 1.15 bits per heavy atom. The van der Waals surface area contributed by atoms with Crippen LogP contribution in [-0.2, 0) is 14.8 Å². The Bertz CT molecular complexity index is 1160. The third-order valence-corrected chi connectivity index (χ3v) is 7.26. The molecule has 0 aromatic heterocycles. The maximum atomic E-state index is 13.9. The number of amides is 1. The summed E-state index contributed by atoms with van der Waals surface area (Å²) in [4.78, 5) is 12.9. The number of hydrogen-bond acceptors (Lipinski definition) is 5. The summed E-state index contributed by atoms with van der Waals surface area (Å²) in [5.41, 5.74) is -1.37. The molecule has 2 N–H and O–H groups in total. The third-order valence-electron chi connectivity index (χ3n) is 5.46. The van der Waals surface area contributed by atoms with Crippen molar-refractivity contribution in [1.29, 1.82) is 5.26 Å². The van der Waals surface area contributed by atoms with Gasteiger partial charge in [-0.2, -0.15) is 18.4 Å². The Morgan fingerprint density at radius 2 is 1.74 bits per heavy atom. The van der Waals surface area contributed by atoms with Gasteiger partial charge in [-0.3, -0.25) is 14.4 Å². The number of alkyl halides is 3. The van der Waals surface area contributed by atoms with Crippen molar-refractivity contribution in [2.24, 2.45) is 0 Å². The molecular weight excluding hydrogens is 476 g/mol. The van der Waals surface area contributed by atoms with Gasteiger partial charge >= 0.3 is 6.18 Å². The van der Waals surface area contributed by atoms with Crippen LogP contribution in [0.1, 0.15) is 24.4 Å². The number of nitrogens with one attached hydrogen (secondary N) is 2. The highest BCUT2D eigenvalue weighted by molar-refractivity contribution is 7.92. The van der Waals surface area contributed by atoms with Gasteiger partial charge in [0.05, 0.1) is 17.5 Å². The van der Waals surface area contributed by atoms with Crippen molar-refractivity contribution in [3.05, 3.63) is 66.0 Å². The van der Waals surface area contributed by atoms with Gasteiger partial charge in [-0.1, -0.05) is 30.3 Å². The molecule has 34 heavy (non-hydrogen) atoms. The lowest BCUT2D eigenvalue weighted by Crippen LogP contribution is -2.55. The number of carbonyl (C=O) groups excluding carboxylic acids is 1. The molecule has 1 aliphatic rings. The van der Waals surface area contributed by atoms with Gasteiger partial charge in [-0.25, -0.2) is 12.8 Å². The van der Waals surface area contributed by atoms with Gasteiger partial charge in [0.25, 0.3) is 0 Å². The highest BCUT2D eigenvalue weighted by Crippen LogP contribution is 2.36. The minimum atomic E-state index is -4.93. The second-order valence-electron chi connectivity index (χ2n) is 8.01. The summed E-state index contributed by atoms with van der Waals surface area (Å²) >= 11 is 0. The van der Waals surface area contributed by atoms with Crippen molar-refractivity contribution >= 4 is 21.6 Å². The smallest absolute Gasteiger partial charge is 0.336 e. The average Bonchev–Trinajstić information content (AvgIpc) is 3.56. The van der Waals surface area contributed by atoms with Gasteiger partial charge < -0.3 is 5.32 Å². The van der Waals surface area contributed by atoms with Crippen LogP contribution in [0.2, 0.25) is 0 Å². The van der Waals surface area contributed by atoms with E-state index in [1.54, 1.807) is 18.2 Å². The fourth-order valence-electron chi connectivity index (χ4n) is 3.27. The molecule has 2 aromatic carbocycles. The Kier molecular flexibility index (Phi) is 7.18. The molecule has 1 aliphatic carbocycles. The van der Waals surface area contributed by atoms with Gasteiger partial charge in [0.1, 0.15) is 23.4 Å². The second-order valence-corrected chi connectivity index (χ2v) is 10.1. The number of nitrogens with zero attached hydrogens (tertiary/aromatic N) is 2. The van der Waals surface area contributed by atoms with Crippen LogP contribution in [0.25, 0.3) is 0 Å². The number of hydrogen-bond donors (Lipinski definition) is 2. The molecule has 0 spiro atoms. The number of nitriles is 1. The minimum Gasteiger partial charge on any atom is -0.336 e. The van der Waals surface area contributed by atoms with Crippen LogP contribution in [0.4, 0.5) is 23.2 Å². The first-order valence-electron chi connectivity index (χ1n) is 10.2. The van der Waals surface area contributed by atoms with E-state index in [0.29, 0.717) is 12.8 Å². The van der Waals surface area contributed by atoms with E-state index in [1.807, 2.05) is 6.07 Å². The van der Waals surface area contributed by atoms with Crippen LogP contribution >= 0.6 is 0 Å². The molecular formula is C22H22F4N4O3S. The standard InChI is InChI=1S/C22H22F4N4O3S/c1-30(17-5-3-2-4-6-17)34(32,33)13-18(20(31)29-21(14-27)11-12-21)28-19(22(24,25)26)15-7-9-16(23)10-8-15/h2-10,18-19,28H,11-13H2,1H3,(H,29,31)/t18?,19-/m1/s1. The number of carbonyl (C=O) groups is 1. The van der Waals surface area contributed by atoms with Gasteiger partial charge in [0.2, 0.25) is 15.9 Å². The average molecular weight is 499 g/mol. The molecule has 0 bridgehead atoms. The van der Waals surface area contributed by atoms with E-state index < -0.39 is 56.9 Å². The normalized spacial score (nSPS) is 16.7. The first-order chi connectivity index (χ1) is 15.9. The molecule has 1 amide bonds. The highest BCUT2D eigenvalue weighted by Gasteiger charge is 2.48. The Balaban J connectivity index is 1.93. The van der Waals surface area contributed by atoms with E-state index in [4.69, 9.17) is 0 Å². The van der Waals surface area contributed by atoms with Crippen LogP contribution < -0.4 is 14.9 Å². The zero-order chi connectivity index (χ0) is 25.1. The fourth-order valence-corrected chi connectivity index (χ4v) is 4.60. The first-order valence-corrected chi connectivity index (χ1v) is 11.8. The summed E-state index contributed by atoms with van der Waals surface area (Å²) in [6, 6.07) is 8.85. The SMILES string of the molecule is CN(c1ccccc1)S(=O)(=O)CC(N[C@H](c1ccc(F)cc1)C(F)(F)F)C(=O)NC1(C#N)CC1. The van der Waals surface area contributed by atoms with Crippen LogP contribution in [0.5, 0.6) is 0 Å². The largest absolute Gasteiger partial charge is 0.407 e. The molecule has 0 radical (unpaired) electrons. The van der Waals surface area contributed by atoms with Crippen molar-refractivity contribution in [2.45, 2.75) is 36.6 Å². The number of halogens is 4. The van der Waals surface area contributed by atoms with E-state index in [9.17, 15) is 36.0 Å². The van der Waals surface area contributed by atoms with Crippen LogP contribution in [0.15, 0.2) is 54.6 Å². The van der Waals surface area contributed by atoms with E-state index in [-0.39, 0.29) is 5.69 Å². The van der Waals surface area contributed by atoms with E-state index in [0.717, 1.165) is 28.6 Å². The van der Waals surface area contributed by atoms with Crippen LogP contribution in [0, 0.1) is 17.1 Å². The molecule has 0 aliphatic heterocycles. The summed E-state index contributed by atoms with van der Waals surface area (Å²) in [6.07, 6.45) is -4.32. The lowest BCUT2D eigenvalue weighted by molar-refractivity contribution is -0.160. The summed E-state index contributed by atoms with van der Waals surface area (Å²) in [5, 5.41) is 13.7. The summed E-state index contributed by atoms with van der Waals surface area (Å²) in [6.45, 7) is 0. The Morgan fingerprint density at radius 3 is 2.24 bits per heavy atom. The molecule has 0 heterocycles. The molecule has 1 fully saturated rings. The van der Waals surface area contributed by atoms with Crippen molar-refractivity contribution in [2.75, 3.05) is 17.1 Å². The Labute approximate surface area is 194 Å². The predicted octanol–water partition coefficient (Wildman–Crippen LogP) is 3.03. The van der Waals surface area contributed by atoms with Gasteiger partial charge in [0.15, 0.2) is 0 Å². The zero-order valence-corrected chi connectivity index (χ0v) is 18.8. The number of rotatable bonds is 9. The fraction of sp³-hybridized carbons (Fsp3) is 0.364. The molecule has 12 heteroatoms. The van der Waals surface area contributed by atoms with Crippen molar-refractivity contribution in [1.82, 2.24) is 10.6 Å². The molecule has 2 aromatic rings. The minimum absolute atomic E-state index is 0.253. The maximum Gasteiger partial charge on any atom is 0.407 e. The molecule has 1 unspecified atom stereocenters. The number of sulfonamides is 1. The van der Waals surface area contributed by atoms with Crippen molar-refractivity contribution in [3.8, 4) is 6.07 Å². The maximum absolute atomic E-state index is 13.9. The van der Waals surface area contributed by atoms with E-state index in [2.05, 4.69) is 10.6 Å². The van der Waals surface area contributed by atoms with Gasteiger partial charge in [-0.05, 0) is 42.7 Å². The summed E-state index contributed by atoms with van der Waals surface area (Å²) < 4.78 is 81.9. The molecule has 0 saturated heterocycles. The monoisotopic (exact) mass is 498 g/mol. The summed E-state index contributed by atoms with van der Waals surface area (Å²) in [7, 11) is -3.06. The number of benzene rings is 2. The van der Waals surface area contributed by atoms with Crippen LogP contribution in [0.3, 0.4) is 0 Å². The zero-order valence-electron chi connectivity index (χ0n) is 18.0. The third kappa shape index (κ3) is 6.03. The lowest BCUT2D eigenvalue weighted by atomic mass is 10.0. The molecule has 2 atom stereocenters. The molecule has 182 valence electrons.